The van der Waals surface area contributed by atoms with Gasteiger partial charge in [0.05, 0.1) is 5.75 Å². The minimum Gasteiger partial charge on any atom is -0.384 e. The number of halogens is 1. The number of rotatable bonds is 5. The zero-order valence-electron chi connectivity index (χ0n) is 9.46. The van der Waals surface area contributed by atoms with Gasteiger partial charge < -0.3 is 5.32 Å². The maximum Gasteiger partial charge on any atom is 0.147 e. The van der Waals surface area contributed by atoms with Crippen LogP contribution in [0.5, 0.6) is 0 Å². The van der Waals surface area contributed by atoms with Gasteiger partial charge in [-0.1, -0.05) is 12.1 Å². The van der Waals surface area contributed by atoms with Crippen molar-refractivity contribution in [3.05, 3.63) is 28.2 Å². The predicted molar refractivity (Wildman–Crippen MR) is 71.7 cm³/mol. The Morgan fingerprint density at radius 1 is 1.38 bits per heavy atom. The van der Waals surface area contributed by atoms with E-state index < -0.39 is 9.84 Å². The number of hydrogen-bond donors (Lipinski definition) is 1. The molecule has 0 aliphatic rings. The maximum atomic E-state index is 10.9. The van der Waals surface area contributed by atoms with E-state index >= 15 is 0 Å². The number of aryl methyl sites for hydroxylation is 1. The second-order valence-corrected chi connectivity index (χ2v) is 6.90. The van der Waals surface area contributed by atoms with E-state index in [1.54, 1.807) is 0 Å². The van der Waals surface area contributed by atoms with Gasteiger partial charge in [0, 0.05) is 23.0 Å². The van der Waals surface area contributed by atoms with E-state index in [0.29, 0.717) is 13.0 Å². The maximum absolute atomic E-state index is 10.9. The van der Waals surface area contributed by atoms with Crippen LogP contribution in [0, 0.1) is 6.92 Å². The zero-order chi connectivity index (χ0) is 12.2. The van der Waals surface area contributed by atoms with Crippen LogP contribution in [-0.4, -0.2) is 27.0 Å². The van der Waals surface area contributed by atoms with E-state index in [-0.39, 0.29) is 5.75 Å². The van der Waals surface area contributed by atoms with Gasteiger partial charge in [0.2, 0.25) is 0 Å². The normalized spacial score (nSPS) is 11.4. The van der Waals surface area contributed by atoms with Crippen molar-refractivity contribution < 1.29 is 8.42 Å². The van der Waals surface area contributed by atoms with Crippen LogP contribution in [-0.2, 0) is 9.84 Å². The fraction of sp³-hybridized carbons (Fsp3) is 0.455. The predicted octanol–water partition coefficient (Wildman–Crippen LogP) is 2.60. The van der Waals surface area contributed by atoms with Gasteiger partial charge in [0.25, 0.3) is 0 Å². The van der Waals surface area contributed by atoms with Crippen molar-refractivity contribution >= 4 is 31.5 Å². The molecule has 0 heterocycles. The Balaban J connectivity index is 2.47. The highest BCUT2D eigenvalue weighted by atomic mass is 79.9. The minimum atomic E-state index is -2.85. The molecule has 0 spiro atoms. The van der Waals surface area contributed by atoms with Crippen LogP contribution in [0.3, 0.4) is 0 Å². The Hall–Kier alpha value is -0.550. The summed E-state index contributed by atoms with van der Waals surface area (Å²) in [6.07, 6.45) is 1.88. The number of benzene rings is 1. The minimum absolute atomic E-state index is 0.226. The van der Waals surface area contributed by atoms with Gasteiger partial charge in [-0.25, -0.2) is 8.42 Å². The number of nitrogens with one attached hydrogen (secondary N) is 1. The van der Waals surface area contributed by atoms with Crippen molar-refractivity contribution in [1.29, 1.82) is 0 Å². The third-order valence-electron chi connectivity index (χ3n) is 2.20. The molecule has 5 heteroatoms. The Labute approximate surface area is 105 Å². The first kappa shape index (κ1) is 13.5. The van der Waals surface area contributed by atoms with Crippen molar-refractivity contribution in [3.8, 4) is 0 Å². The van der Waals surface area contributed by atoms with Crippen molar-refractivity contribution in [2.75, 3.05) is 23.9 Å². The first-order valence-corrected chi connectivity index (χ1v) is 7.92. The van der Waals surface area contributed by atoms with E-state index in [0.717, 1.165) is 15.7 Å². The molecule has 1 N–H and O–H groups in total. The number of anilines is 1. The van der Waals surface area contributed by atoms with Crippen molar-refractivity contribution in [1.82, 2.24) is 0 Å². The summed E-state index contributed by atoms with van der Waals surface area (Å²) < 4.78 is 22.9. The molecule has 0 fully saturated rings. The summed E-state index contributed by atoms with van der Waals surface area (Å²) in [4.78, 5) is 0. The Morgan fingerprint density at radius 3 is 2.69 bits per heavy atom. The zero-order valence-corrected chi connectivity index (χ0v) is 11.9. The second kappa shape index (κ2) is 5.68. The lowest BCUT2D eigenvalue weighted by molar-refractivity contribution is 0.600. The van der Waals surface area contributed by atoms with Crippen LogP contribution in [0.2, 0.25) is 0 Å². The van der Waals surface area contributed by atoms with Crippen molar-refractivity contribution in [2.45, 2.75) is 13.3 Å². The number of sulfone groups is 1. The van der Waals surface area contributed by atoms with Crippen LogP contribution in [0.4, 0.5) is 5.69 Å². The van der Waals surface area contributed by atoms with Gasteiger partial charge in [-0.2, -0.15) is 0 Å². The third-order valence-corrected chi connectivity index (χ3v) is 4.28. The van der Waals surface area contributed by atoms with Gasteiger partial charge in [0.15, 0.2) is 0 Å². The molecule has 0 radical (unpaired) electrons. The Morgan fingerprint density at radius 2 is 2.06 bits per heavy atom. The van der Waals surface area contributed by atoms with E-state index in [1.807, 2.05) is 25.1 Å². The van der Waals surface area contributed by atoms with Crippen LogP contribution in [0.1, 0.15) is 12.0 Å². The average Bonchev–Trinajstić information content (AvgIpc) is 2.17. The van der Waals surface area contributed by atoms with Crippen molar-refractivity contribution in [3.63, 3.8) is 0 Å². The van der Waals surface area contributed by atoms with Crippen LogP contribution >= 0.6 is 15.9 Å². The third kappa shape index (κ3) is 4.53. The topological polar surface area (TPSA) is 46.2 Å². The average molecular weight is 306 g/mol. The molecule has 0 unspecified atom stereocenters. The molecule has 3 nitrogen and oxygen atoms in total. The standard InChI is InChI=1S/C11H16BrNO2S/c1-9-5-3-6-10(11(9)12)13-7-4-8-16(2,14)15/h3,5-6,13H,4,7-8H2,1-2H3. The van der Waals surface area contributed by atoms with Gasteiger partial charge in [0.1, 0.15) is 9.84 Å². The lowest BCUT2D eigenvalue weighted by Crippen LogP contribution is -2.10. The highest BCUT2D eigenvalue weighted by Crippen LogP contribution is 2.25. The van der Waals surface area contributed by atoms with Gasteiger partial charge in [-0.05, 0) is 40.9 Å². The highest BCUT2D eigenvalue weighted by molar-refractivity contribution is 9.10. The molecule has 0 aliphatic heterocycles. The smallest absolute Gasteiger partial charge is 0.147 e. The quantitative estimate of drug-likeness (QED) is 0.851. The summed E-state index contributed by atoms with van der Waals surface area (Å²) in [5, 5.41) is 3.22. The molecule has 0 saturated carbocycles. The van der Waals surface area contributed by atoms with E-state index in [9.17, 15) is 8.42 Å². The fourth-order valence-corrected chi connectivity index (χ4v) is 2.41. The summed E-state index contributed by atoms with van der Waals surface area (Å²) in [7, 11) is -2.85. The monoisotopic (exact) mass is 305 g/mol. The highest BCUT2D eigenvalue weighted by Gasteiger charge is 2.03. The molecule has 0 bridgehead atoms. The molecule has 1 aromatic carbocycles. The lowest BCUT2D eigenvalue weighted by Gasteiger charge is -2.09. The molecule has 0 atom stereocenters. The van der Waals surface area contributed by atoms with Crippen LogP contribution in [0.15, 0.2) is 22.7 Å². The lowest BCUT2D eigenvalue weighted by atomic mass is 10.2. The molecular weight excluding hydrogens is 290 g/mol. The van der Waals surface area contributed by atoms with Crippen LogP contribution < -0.4 is 5.32 Å². The summed E-state index contributed by atoms with van der Waals surface area (Å²) in [6, 6.07) is 5.96. The van der Waals surface area contributed by atoms with E-state index in [2.05, 4.69) is 21.2 Å². The molecule has 90 valence electrons. The van der Waals surface area contributed by atoms with Crippen molar-refractivity contribution in [2.24, 2.45) is 0 Å². The molecule has 0 aliphatic carbocycles. The van der Waals surface area contributed by atoms with Gasteiger partial charge >= 0.3 is 0 Å². The van der Waals surface area contributed by atoms with E-state index in [1.165, 1.54) is 6.26 Å². The largest absolute Gasteiger partial charge is 0.384 e. The molecular formula is C11H16BrNO2S. The number of hydrogen-bond acceptors (Lipinski definition) is 3. The van der Waals surface area contributed by atoms with Gasteiger partial charge in [-0.15, -0.1) is 0 Å². The van der Waals surface area contributed by atoms with Crippen LogP contribution in [0.25, 0.3) is 0 Å². The molecule has 1 rings (SSSR count). The molecule has 0 aromatic heterocycles. The first-order valence-electron chi connectivity index (χ1n) is 5.07. The summed E-state index contributed by atoms with van der Waals surface area (Å²) in [6.45, 7) is 2.68. The second-order valence-electron chi connectivity index (χ2n) is 3.85. The summed E-state index contributed by atoms with van der Waals surface area (Å²) in [5.41, 5.74) is 2.17. The SMILES string of the molecule is Cc1cccc(NCCCS(C)(=O)=O)c1Br. The summed E-state index contributed by atoms with van der Waals surface area (Å²) in [5.74, 6) is 0.226. The Bertz CT molecular complexity index is 457. The fourth-order valence-electron chi connectivity index (χ4n) is 1.34. The first-order chi connectivity index (χ1) is 7.40. The molecule has 0 saturated heterocycles. The molecule has 16 heavy (non-hydrogen) atoms. The summed E-state index contributed by atoms with van der Waals surface area (Å²) >= 11 is 3.49. The Kier molecular flexibility index (Phi) is 4.80. The molecule has 0 amide bonds. The molecule has 1 aromatic rings. The van der Waals surface area contributed by atoms with E-state index in [4.69, 9.17) is 0 Å². The van der Waals surface area contributed by atoms with Gasteiger partial charge in [-0.3, -0.25) is 0 Å².